The van der Waals surface area contributed by atoms with Gasteiger partial charge in [0.2, 0.25) is 0 Å². The Morgan fingerprint density at radius 2 is 1.73 bits per heavy atom. The van der Waals surface area contributed by atoms with E-state index in [0.29, 0.717) is 0 Å². The SMILES string of the molecule is CCC(CO)([N+](=O)[O-])[N+](=O)[O-]. The van der Waals surface area contributed by atoms with Crippen LogP contribution in [-0.4, -0.2) is 27.2 Å². The first-order chi connectivity index (χ1) is 5.01. The lowest BCUT2D eigenvalue weighted by molar-refractivity contribution is -0.799. The largest absolute Gasteiger partial charge is 0.480 e. The predicted octanol–water partition coefficient (Wildman–Crippen LogP) is -0.362. The van der Waals surface area contributed by atoms with Gasteiger partial charge in [0.1, 0.15) is 9.85 Å². The molecular formula is C4H8N2O5. The van der Waals surface area contributed by atoms with Crippen molar-refractivity contribution in [3.63, 3.8) is 0 Å². The fraction of sp³-hybridized carbons (Fsp3) is 1.00. The van der Waals surface area contributed by atoms with E-state index < -0.39 is 22.1 Å². The van der Waals surface area contributed by atoms with Crippen LogP contribution in [0.2, 0.25) is 0 Å². The molecule has 7 nitrogen and oxygen atoms in total. The fourth-order valence-corrected chi connectivity index (χ4v) is 0.552. The monoisotopic (exact) mass is 164 g/mol. The first-order valence-electron chi connectivity index (χ1n) is 2.91. The number of nitro groups is 2. The van der Waals surface area contributed by atoms with Crippen molar-refractivity contribution in [1.82, 2.24) is 0 Å². The summed E-state index contributed by atoms with van der Waals surface area (Å²) in [5.41, 5.74) is -2.42. The molecule has 0 spiro atoms. The van der Waals surface area contributed by atoms with Gasteiger partial charge in [-0.2, -0.15) is 0 Å². The van der Waals surface area contributed by atoms with Crippen molar-refractivity contribution in [1.29, 1.82) is 0 Å². The van der Waals surface area contributed by atoms with Crippen LogP contribution >= 0.6 is 0 Å². The molecule has 0 aliphatic carbocycles. The Bertz CT molecular complexity index is 159. The van der Waals surface area contributed by atoms with Crippen molar-refractivity contribution in [2.45, 2.75) is 19.0 Å². The van der Waals surface area contributed by atoms with Crippen LogP contribution in [0.25, 0.3) is 0 Å². The second kappa shape index (κ2) is 3.24. The summed E-state index contributed by atoms with van der Waals surface area (Å²) in [5, 5.41) is 28.7. The van der Waals surface area contributed by atoms with Crippen molar-refractivity contribution in [3.05, 3.63) is 20.2 Å². The standard InChI is InChI=1S/C4H8N2O5/c1-2-4(3-7,5(8)9)6(10)11/h7H,2-3H2,1H3. The van der Waals surface area contributed by atoms with E-state index in [1.54, 1.807) is 0 Å². The Labute approximate surface area is 61.9 Å². The van der Waals surface area contributed by atoms with E-state index in [-0.39, 0.29) is 6.42 Å². The average molecular weight is 164 g/mol. The number of aliphatic hydroxyl groups is 1. The zero-order valence-electron chi connectivity index (χ0n) is 5.89. The molecule has 0 unspecified atom stereocenters. The van der Waals surface area contributed by atoms with E-state index in [9.17, 15) is 20.2 Å². The van der Waals surface area contributed by atoms with Gasteiger partial charge in [0.05, 0.1) is 6.42 Å². The summed E-state index contributed by atoms with van der Waals surface area (Å²) in [7, 11) is 0. The van der Waals surface area contributed by atoms with Crippen LogP contribution in [0.3, 0.4) is 0 Å². The maximum absolute atomic E-state index is 10.1. The summed E-state index contributed by atoms with van der Waals surface area (Å²) in [6.07, 6.45) is -0.330. The maximum Gasteiger partial charge on any atom is 0.480 e. The van der Waals surface area contributed by atoms with Crippen LogP contribution in [0.15, 0.2) is 0 Å². The van der Waals surface area contributed by atoms with Gasteiger partial charge in [0, 0.05) is 0 Å². The zero-order chi connectivity index (χ0) is 9.07. The summed E-state index contributed by atoms with van der Waals surface area (Å²) < 4.78 is 0. The number of hydrogen-bond acceptors (Lipinski definition) is 5. The van der Waals surface area contributed by atoms with Crippen LogP contribution < -0.4 is 0 Å². The predicted molar refractivity (Wildman–Crippen MR) is 34.1 cm³/mol. The Morgan fingerprint density at radius 1 is 1.36 bits per heavy atom. The topological polar surface area (TPSA) is 107 Å². The van der Waals surface area contributed by atoms with E-state index >= 15 is 0 Å². The Balaban J connectivity index is 4.76. The van der Waals surface area contributed by atoms with Gasteiger partial charge in [-0.3, -0.25) is 20.2 Å². The van der Waals surface area contributed by atoms with E-state index in [1.165, 1.54) is 6.92 Å². The van der Waals surface area contributed by atoms with E-state index in [0.717, 1.165) is 0 Å². The molecule has 1 N–H and O–H groups in total. The summed E-state index contributed by atoms with van der Waals surface area (Å²) in [6.45, 7) is 0.200. The lowest BCUT2D eigenvalue weighted by Gasteiger charge is -2.11. The summed E-state index contributed by atoms with van der Waals surface area (Å²) in [5.74, 6) is 0. The third-order valence-electron chi connectivity index (χ3n) is 1.50. The minimum Gasteiger partial charge on any atom is -0.382 e. The van der Waals surface area contributed by atoms with E-state index in [2.05, 4.69) is 0 Å². The van der Waals surface area contributed by atoms with Gasteiger partial charge in [-0.15, -0.1) is 0 Å². The molecule has 0 radical (unpaired) electrons. The molecule has 0 aromatic heterocycles. The smallest absolute Gasteiger partial charge is 0.382 e. The Morgan fingerprint density at radius 3 is 1.73 bits per heavy atom. The quantitative estimate of drug-likeness (QED) is 0.346. The first-order valence-corrected chi connectivity index (χ1v) is 2.91. The van der Waals surface area contributed by atoms with Gasteiger partial charge in [-0.05, 0) is 0 Å². The van der Waals surface area contributed by atoms with Crippen LogP contribution in [0.4, 0.5) is 0 Å². The van der Waals surface area contributed by atoms with Gasteiger partial charge < -0.3 is 5.11 Å². The molecule has 0 amide bonds. The van der Waals surface area contributed by atoms with Gasteiger partial charge in [0.15, 0.2) is 6.61 Å². The first kappa shape index (κ1) is 9.76. The van der Waals surface area contributed by atoms with Crippen molar-refractivity contribution >= 4 is 0 Å². The number of hydrogen-bond donors (Lipinski definition) is 1. The third kappa shape index (κ3) is 1.43. The van der Waals surface area contributed by atoms with Gasteiger partial charge >= 0.3 is 5.66 Å². The Kier molecular flexibility index (Phi) is 2.87. The molecule has 0 aliphatic heterocycles. The number of nitrogens with zero attached hydrogens (tertiary/aromatic N) is 2. The lowest BCUT2D eigenvalue weighted by atomic mass is 10.1. The van der Waals surface area contributed by atoms with Crippen LogP contribution in [0.5, 0.6) is 0 Å². The highest BCUT2D eigenvalue weighted by Gasteiger charge is 2.53. The molecule has 0 bridgehead atoms. The summed E-state index contributed by atoms with van der Waals surface area (Å²) >= 11 is 0. The van der Waals surface area contributed by atoms with Crippen LogP contribution in [0.1, 0.15) is 13.3 Å². The molecule has 0 rings (SSSR count). The number of aliphatic hydroxyl groups excluding tert-OH is 1. The van der Waals surface area contributed by atoms with Crippen molar-refractivity contribution in [2.75, 3.05) is 6.61 Å². The molecule has 64 valence electrons. The molecule has 0 aliphatic rings. The normalized spacial score (nSPS) is 11.1. The van der Waals surface area contributed by atoms with E-state index in [4.69, 9.17) is 5.11 Å². The molecule has 0 saturated heterocycles. The van der Waals surface area contributed by atoms with Crippen LogP contribution in [0, 0.1) is 20.2 Å². The minimum absolute atomic E-state index is 0.330. The number of rotatable bonds is 4. The molecular weight excluding hydrogens is 156 g/mol. The Hall–Kier alpha value is -1.24. The van der Waals surface area contributed by atoms with E-state index in [1.807, 2.05) is 0 Å². The molecule has 0 saturated carbocycles. The second-order valence-corrected chi connectivity index (χ2v) is 2.01. The van der Waals surface area contributed by atoms with Crippen LogP contribution in [-0.2, 0) is 0 Å². The molecule has 0 aromatic rings. The molecule has 11 heavy (non-hydrogen) atoms. The van der Waals surface area contributed by atoms with Crippen molar-refractivity contribution < 1.29 is 15.0 Å². The maximum atomic E-state index is 10.1. The zero-order valence-corrected chi connectivity index (χ0v) is 5.89. The molecule has 0 aromatic carbocycles. The summed E-state index contributed by atoms with van der Waals surface area (Å²) in [6, 6.07) is 0. The lowest BCUT2D eigenvalue weighted by Crippen LogP contribution is -2.48. The molecule has 0 fully saturated rings. The minimum atomic E-state index is -2.42. The highest BCUT2D eigenvalue weighted by molar-refractivity contribution is 4.61. The van der Waals surface area contributed by atoms with Crippen molar-refractivity contribution in [2.24, 2.45) is 0 Å². The third-order valence-corrected chi connectivity index (χ3v) is 1.50. The van der Waals surface area contributed by atoms with Gasteiger partial charge in [-0.1, -0.05) is 6.92 Å². The van der Waals surface area contributed by atoms with Gasteiger partial charge in [-0.25, -0.2) is 0 Å². The summed E-state index contributed by atoms with van der Waals surface area (Å²) in [4.78, 5) is 18.1. The highest BCUT2D eigenvalue weighted by atomic mass is 16.7. The second-order valence-electron chi connectivity index (χ2n) is 2.01. The molecule has 0 heterocycles. The molecule has 7 heteroatoms. The highest BCUT2D eigenvalue weighted by Crippen LogP contribution is 2.14. The average Bonchev–Trinajstić information content (AvgIpc) is 1.90. The van der Waals surface area contributed by atoms with Gasteiger partial charge in [0.25, 0.3) is 0 Å². The van der Waals surface area contributed by atoms with Crippen molar-refractivity contribution in [3.8, 4) is 0 Å². The molecule has 0 atom stereocenters. The fourth-order valence-electron chi connectivity index (χ4n) is 0.552.